The van der Waals surface area contributed by atoms with Crippen LogP contribution in [0.3, 0.4) is 0 Å². The molecule has 8 heteroatoms. The molecule has 0 saturated heterocycles. The van der Waals surface area contributed by atoms with Crippen molar-refractivity contribution in [2.75, 3.05) is 5.32 Å². The van der Waals surface area contributed by atoms with Gasteiger partial charge in [0.15, 0.2) is 5.17 Å². The van der Waals surface area contributed by atoms with E-state index < -0.39 is 11.3 Å². The highest BCUT2D eigenvalue weighted by molar-refractivity contribution is 8.14. The third kappa shape index (κ3) is 3.31. The summed E-state index contributed by atoms with van der Waals surface area (Å²) in [7, 11) is 0. The molecule has 1 N–H and O–H groups in total. The Hall–Kier alpha value is -2.64. The van der Waals surface area contributed by atoms with Crippen molar-refractivity contribution in [1.82, 2.24) is 4.90 Å². The molecule has 2 amide bonds. The minimum absolute atomic E-state index is 0.198. The molecular formula is C20H17ClN4O2S. The maximum absolute atomic E-state index is 12.7. The Morgan fingerprint density at radius 3 is 2.68 bits per heavy atom. The van der Waals surface area contributed by atoms with Gasteiger partial charge in [-0.25, -0.2) is 4.99 Å². The highest BCUT2D eigenvalue weighted by Gasteiger charge is 2.40. The van der Waals surface area contributed by atoms with Gasteiger partial charge in [0.05, 0.1) is 21.6 Å². The van der Waals surface area contributed by atoms with E-state index in [9.17, 15) is 9.59 Å². The Labute approximate surface area is 171 Å². The maximum atomic E-state index is 12.7. The van der Waals surface area contributed by atoms with Crippen LogP contribution in [0.2, 0.25) is 5.02 Å². The SMILES string of the molecule is CC(SC1=Nc2ccccc2C2=NC(=O)C(C)N12)C(=O)Nc1ccccc1Cl. The van der Waals surface area contributed by atoms with Gasteiger partial charge in [-0.1, -0.05) is 47.6 Å². The molecule has 0 spiro atoms. The van der Waals surface area contributed by atoms with Gasteiger partial charge in [0, 0.05) is 5.56 Å². The minimum atomic E-state index is -0.454. The molecule has 2 unspecified atom stereocenters. The third-order valence-electron chi connectivity index (χ3n) is 4.54. The number of nitrogens with zero attached hydrogens (tertiary/aromatic N) is 3. The Balaban J connectivity index is 1.59. The standard InChI is InChI=1S/C20H17ClN4O2S/c1-11-18(26)24-17-13-7-3-5-9-15(13)23-20(25(11)17)28-12(2)19(27)22-16-10-6-4-8-14(16)21/h3-12H,1-2H3,(H,22,27). The van der Waals surface area contributed by atoms with Gasteiger partial charge in [-0.05, 0) is 38.1 Å². The summed E-state index contributed by atoms with van der Waals surface area (Å²) in [6.07, 6.45) is 0. The zero-order chi connectivity index (χ0) is 19.8. The Morgan fingerprint density at radius 1 is 1.18 bits per heavy atom. The molecule has 2 heterocycles. The predicted octanol–water partition coefficient (Wildman–Crippen LogP) is 4.08. The van der Waals surface area contributed by atoms with Crippen molar-refractivity contribution in [3.05, 3.63) is 59.1 Å². The van der Waals surface area contributed by atoms with Crippen molar-refractivity contribution < 1.29 is 9.59 Å². The van der Waals surface area contributed by atoms with Gasteiger partial charge in [0.1, 0.15) is 11.9 Å². The fourth-order valence-corrected chi connectivity index (χ4v) is 4.17. The van der Waals surface area contributed by atoms with E-state index in [1.165, 1.54) is 11.8 Å². The number of rotatable bonds is 3. The number of hydrogen-bond donors (Lipinski definition) is 1. The van der Waals surface area contributed by atoms with E-state index >= 15 is 0 Å². The lowest BCUT2D eigenvalue weighted by Crippen LogP contribution is -2.43. The number of aliphatic imine (C=N–C) groups is 2. The number of amides is 2. The van der Waals surface area contributed by atoms with Gasteiger partial charge >= 0.3 is 0 Å². The van der Waals surface area contributed by atoms with Crippen molar-refractivity contribution in [3.63, 3.8) is 0 Å². The average Bonchev–Trinajstić information content (AvgIpc) is 2.99. The van der Waals surface area contributed by atoms with Crippen LogP contribution in [0.5, 0.6) is 0 Å². The summed E-state index contributed by atoms with van der Waals surface area (Å²) in [4.78, 5) is 35.6. The van der Waals surface area contributed by atoms with E-state index in [4.69, 9.17) is 11.6 Å². The summed E-state index contributed by atoms with van der Waals surface area (Å²) in [5, 5.41) is 3.44. The van der Waals surface area contributed by atoms with Crippen LogP contribution in [-0.2, 0) is 9.59 Å². The second-order valence-electron chi connectivity index (χ2n) is 6.46. The van der Waals surface area contributed by atoms with E-state index in [1.54, 1.807) is 36.9 Å². The van der Waals surface area contributed by atoms with Gasteiger partial charge in [0.25, 0.3) is 5.91 Å². The van der Waals surface area contributed by atoms with E-state index in [0.29, 0.717) is 21.7 Å². The molecular weight excluding hydrogens is 396 g/mol. The van der Waals surface area contributed by atoms with Crippen molar-refractivity contribution >= 4 is 57.6 Å². The molecule has 2 atom stereocenters. The minimum Gasteiger partial charge on any atom is -0.324 e. The van der Waals surface area contributed by atoms with Gasteiger partial charge in [-0.2, -0.15) is 4.99 Å². The van der Waals surface area contributed by atoms with Crippen LogP contribution >= 0.6 is 23.4 Å². The molecule has 0 saturated carbocycles. The van der Waals surface area contributed by atoms with E-state index in [1.807, 2.05) is 30.3 Å². The molecule has 0 fully saturated rings. The smallest absolute Gasteiger partial charge is 0.270 e. The molecule has 2 aromatic carbocycles. The Kier molecular flexibility index (Phi) is 4.95. The molecule has 142 valence electrons. The number of carbonyl (C=O) groups excluding carboxylic acids is 2. The fourth-order valence-electron chi connectivity index (χ4n) is 3.00. The zero-order valence-corrected chi connectivity index (χ0v) is 16.8. The number of halogens is 1. The summed E-state index contributed by atoms with van der Waals surface area (Å²) in [6.45, 7) is 3.58. The highest BCUT2D eigenvalue weighted by atomic mass is 35.5. The molecule has 0 radical (unpaired) electrons. The second-order valence-corrected chi connectivity index (χ2v) is 8.18. The highest BCUT2D eigenvalue weighted by Crippen LogP contribution is 2.35. The topological polar surface area (TPSA) is 74.1 Å². The Bertz CT molecular complexity index is 1040. The molecule has 4 rings (SSSR count). The summed E-state index contributed by atoms with van der Waals surface area (Å²) in [5.74, 6) is 0.175. The molecule has 2 aliphatic heterocycles. The number of carbonyl (C=O) groups is 2. The van der Waals surface area contributed by atoms with Crippen molar-refractivity contribution in [2.24, 2.45) is 9.98 Å². The van der Waals surface area contributed by atoms with Crippen LogP contribution in [0.15, 0.2) is 58.5 Å². The number of hydrogen-bond acceptors (Lipinski definition) is 5. The van der Waals surface area contributed by atoms with Gasteiger partial charge in [-0.3, -0.25) is 14.5 Å². The van der Waals surface area contributed by atoms with E-state index in [2.05, 4.69) is 15.3 Å². The number of anilines is 1. The van der Waals surface area contributed by atoms with Gasteiger partial charge in [0.2, 0.25) is 5.91 Å². The van der Waals surface area contributed by atoms with Crippen LogP contribution in [-0.4, -0.2) is 39.0 Å². The number of thioether (sulfide) groups is 1. The van der Waals surface area contributed by atoms with Crippen molar-refractivity contribution in [3.8, 4) is 0 Å². The first-order chi connectivity index (χ1) is 13.5. The summed E-state index contributed by atoms with van der Waals surface area (Å²) >= 11 is 7.41. The Morgan fingerprint density at radius 2 is 1.89 bits per heavy atom. The number of amidine groups is 2. The number of nitrogens with one attached hydrogen (secondary N) is 1. The molecule has 2 aromatic rings. The maximum Gasteiger partial charge on any atom is 0.270 e. The molecule has 0 aliphatic carbocycles. The number of para-hydroxylation sites is 2. The van der Waals surface area contributed by atoms with Gasteiger partial charge < -0.3 is 5.32 Å². The van der Waals surface area contributed by atoms with Crippen LogP contribution in [0.1, 0.15) is 19.4 Å². The summed E-state index contributed by atoms with van der Waals surface area (Å²) in [6, 6.07) is 14.2. The zero-order valence-electron chi connectivity index (χ0n) is 15.2. The number of benzene rings is 2. The summed E-state index contributed by atoms with van der Waals surface area (Å²) < 4.78 is 0. The molecule has 2 aliphatic rings. The normalized spacial score (nSPS) is 18.8. The number of fused-ring (bicyclic) bond motifs is 3. The molecule has 28 heavy (non-hydrogen) atoms. The van der Waals surface area contributed by atoms with Crippen molar-refractivity contribution in [1.29, 1.82) is 0 Å². The van der Waals surface area contributed by atoms with Gasteiger partial charge in [-0.15, -0.1) is 0 Å². The third-order valence-corrected chi connectivity index (χ3v) is 5.94. The monoisotopic (exact) mass is 412 g/mol. The molecule has 0 bridgehead atoms. The lowest BCUT2D eigenvalue weighted by molar-refractivity contribution is -0.119. The largest absolute Gasteiger partial charge is 0.324 e. The van der Waals surface area contributed by atoms with E-state index in [-0.39, 0.29) is 11.8 Å². The predicted molar refractivity (Wildman–Crippen MR) is 114 cm³/mol. The first-order valence-electron chi connectivity index (χ1n) is 8.77. The lowest BCUT2D eigenvalue weighted by Gasteiger charge is -2.30. The lowest BCUT2D eigenvalue weighted by atomic mass is 10.1. The second kappa shape index (κ2) is 7.41. The van der Waals surface area contributed by atoms with Crippen molar-refractivity contribution in [2.45, 2.75) is 25.1 Å². The molecule has 6 nitrogen and oxygen atoms in total. The average molecular weight is 413 g/mol. The molecule has 0 aromatic heterocycles. The quantitative estimate of drug-likeness (QED) is 0.824. The summed E-state index contributed by atoms with van der Waals surface area (Å²) in [5.41, 5.74) is 2.11. The first-order valence-corrected chi connectivity index (χ1v) is 10.0. The van der Waals surface area contributed by atoms with Crippen LogP contribution in [0.25, 0.3) is 0 Å². The first kappa shape index (κ1) is 18.7. The fraction of sp³-hybridized carbons (Fsp3) is 0.200. The van der Waals surface area contributed by atoms with Crippen LogP contribution < -0.4 is 5.32 Å². The van der Waals surface area contributed by atoms with E-state index in [0.717, 1.165) is 11.3 Å². The van der Waals surface area contributed by atoms with Crippen LogP contribution in [0.4, 0.5) is 11.4 Å². The van der Waals surface area contributed by atoms with Crippen LogP contribution in [0, 0.1) is 0 Å².